The SMILES string of the molecule is O=C1CCN(CCS(=O)c2ccccc2)CC1.O=C1CCN(CCS(=O)c2ccccc2)CC1. The van der Waals surface area contributed by atoms with E-state index in [9.17, 15) is 18.0 Å². The fourth-order valence-electron chi connectivity index (χ4n) is 3.86. The fraction of sp³-hybridized carbons (Fsp3) is 0.462. The Labute approximate surface area is 207 Å². The minimum absolute atomic E-state index is 0.352. The summed E-state index contributed by atoms with van der Waals surface area (Å²) in [6.07, 6.45) is 2.60. The summed E-state index contributed by atoms with van der Waals surface area (Å²) in [6, 6.07) is 19.1. The molecule has 2 atom stereocenters. The fourth-order valence-corrected chi connectivity index (χ4v) is 6.10. The number of Topliss-reactive ketones (excluding diaryl/α,β-unsaturated/α-hetero) is 2. The topological polar surface area (TPSA) is 74.8 Å². The van der Waals surface area contributed by atoms with Gasteiger partial charge in [0.1, 0.15) is 11.6 Å². The zero-order valence-electron chi connectivity index (χ0n) is 19.6. The van der Waals surface area contributed by atoms with Gasteiger partial charge < -0.3 is 9.80 Å². The molecule has 34 heavy (non-hydrogen) atoms. The van der Waals surface area contributed by atoms with Crippen LogP contribution >= 0.6 is 0 Å². The van der Waals surface area contributed by atoms with Gasteiger partial charge >= 0.3 is 0 Å². The van der Waals surface area contributed by atoms with Crippen molar-refractivity contribution in [2.45, 2.75) is 35.5 Å². The third-order valence-corrected chi connectivity index (χ3v) is 8.73. The molecular formula is C26H34N2O4S2. The summed E-state index contributed by atoms with van der Waals surface area (Å²) in [5.74, 6) is 2.01. The lowest BCUT2D eigenvalue weighted by atomic mass is 10.1. The first kappa shape index (κ1) is 26.6. The minimum Gasteiger partial charge on any atom is -0.302 e. The van der Waals surface area contributed by atoms with E-state index >= 15 is 0 Å². The predicted molar refractivity (Wildman–Crippen MR) is 137 cm³/mol. The molecule has 2 saturated heterocycles. The Morgan fingerprint density at radius 3 is 1.21 bits per heavy atom. The highest BCUT2D eigenvalue weighted by Gasteiger charge is 2.17. The van der Waals surface area contributed by atoms with Gasteiger partial charge in [0.25, 0.3) is 0 Å². The van der Waals surface area contributed by atoms with Gasteiger partial charge in [-0.3, -0.25) is 18.0 Å². The number of carbonyl (C=O) groups excluding carboxylic acids is 2. The van der Waals surface area contributed by atoms with E-state index in [1.807, 2.05) is 60.7 Å². The minimum atomic E-state index is -0.920. The van der Waals surface area contributed by atoms with Crippen LogP contribution in [0.3, 0.4) is 0 Å². The number of hydrogen-bond acceptors (Lipinski definition) is 6. The Hall–Kier alpha value is -2.00. The Morgan fingerprint density at radius 2 is 0.882 bits per heavy atom. The van der Waals surface area contributed by atoms with Crippen molar-refractivity contribution in [2.75, 3.05) is 50.8 Å². The van der Waals surface area contributed by atoms with E-state index in [-0.39, 0.29) is 0 Å². The molecule has 2 aromatic carbocycles. The maximum atomic E-state index is 12.0. The summed E-state index contributed by atoms with van der Waals surface area (Å²) >= 11 is 0. The number of benzene rings is 2. The molecule has 0 bridgehead atoms. The first-order valence-corrected chi connectivity index (χ1v) is 14.5. The number of carbonyl (C=O) groups is 2. The maximum absolute atomic E-state index is 12.0. The van der Waals surface area contributed by atoms with Crippen LogP contribution in [0.25, 0.3) is 0 Å². The first-order chi connectivity index (χ1) is 16.5. The molecule has 0 amide bonds. The maximum Gasteiger partial charge on any atom is 0.135 e. The number of piperidine rings is 2. The summed E-state index contributed by atoms with van der Waals surface area (Å²) in [4.78, 5) is 28.4. The Morgan fingerprint density at radius 1 is 0.559 bits per heavy atom. The van der Waals surface area contributed by atoms with E-state index in [4.69, 9.17) is 0 Å². The van der Waals surface area contributed by atoms with Gasteiger partial charge in [0, 0.05) is 86.2 Å². The van der Waals surface area contributed by atoms with Gasteiger partial charge in [-0.1, -0.05) is 36.4 Å². The van der Waals surface area contributed by atoms with Crippen molar-refractivity contribution in [2.24, 2.45) is 0 Å². The van der Waals surface area contributed by atoms with Crippen LogP contribution in [-0.2, 0) is 31.2 Å². The molecule has 0 radical (unpaired) electrons. The van der Waals surface area contributed by atoms with Crippen LogP contribution < -0.4 is 0 Å². The van der Waals surface area contributed by atoms with Crippen molar-refractivity contribution in [3.05, 3.63) is 60.7 Å². The monoisotopic (exact) mass is 502 g/mol. The second-order valence-electron chi connectivity index (χ2n) is 8.49. The molecule has 184 valence electrons. The predicted octanol–water partition coefficient (Wildman–Crippen LogP) is 2.92. The number of ketones is 2. The summed E-state index contributed by atoms with van der Waals surface area (Å²) in [6.45, 7) is 4.93. The molecule has 2 aromatic rings. The van der Waals surface area contributed by atoms with Crippen molar-refractivity contribution >= 4 is 33.2 Å². The zero-order valence-corrected chi connectivity index (χ0v) is 21.2. The highest BCUT2D eigenvalue weighted by molar-refractivity contribution is 7.85. The summed E-state index contributed by atoms with van der Waals surface area (Å²) in [5.41, 5.74) is 0. The first-order valence-electron chi connectivity index (χ1n) is 11.9. The molecule has 0 saturated carbocycles. The van der Waals surface area contributed by atoms with Crippen molar-refractivity contribution in [1.29, 1.82) is 0 Å². The van der Waals surface area contributed by atoms with E-state index < -0.39 is 21.6 Å². The molecule has 2 unspecified atom stereocenters. The number of rotatable bonds is 8. The second kappa shape index (κ2) is 14.4. The summed E-state index contributed by atoms with van der Waals surface area (Å²) < 4.78 is 23.9. The number of nitrogens with zero attached hydrogens (tertiary/aromatic N) is 2. The van der Waals surface area contributed by atoms with Gasteiger partial charge in [-0.25, -0.2) is 0 Å². The lowest BCUT2D eigenvalue weighted by Gasteiger charge is -2.25. The normalized spacial score (nSPS) is 19.2. The van der Waals surface area contributed by atoms with Crippen LogP contribution in [0, 0.1) is 0 Å². The average molecular weight is 503 g/mol. The van der Waals surface area contributed by atoms with Crippen LogP contribution in [0.5, 0.6) is 0 Å². The molecule has 4 rings (SSSR count). The van der Waals surface area contributed by atoms with Gasteiger partial charge in [-0.05, 0) is 24.3 Å². The smallest absolute Gasteiger partial charge is 0.135 e. The molecule has 0 spiro atoms. The average Bonchev–Trinajstić information content (AvgIpc) is 2.89. The number of likely N-dealkylation sites (tertiary alicyclic amines) is 2. The zero-order chi connectivity index (χ0) is 24.2. The Balaban J connectivity index is 0.000000191. The number of hydrogen-bond donors (Lipinski definition) is 0. The lowest BCUT2D eigenvalue weighted by Crippen LogP contribution is -2.36. The summed E-state index contributed by atoms with van der Waals surface area (Å²) in [7, 11) is -1.84. The molecule has 2 fully saturated rings. The van der Waals surface area contributed by atoms with Crippen LogP contribution in [0.4, 0.5) is 0 Å². The molecule has 2 aliphatic rings. The molecule has 0 aliphatic carbocycles. The molecule has 0 N–H and O–H groups in total. The van der Waals surface area contributed by atoms with Gasteiger partial charge in [0.2, 0.25) is 0 Å². The third-order valence-electron chi connectivity index (χ3n) is 6.03. The van der Waals surface area contributed by atoms with Gasteiger partial charge in [0.05, 0.1) is 21.6 Å². The van der Waals surface area contributed by atoms with Crippen molar-refractivity contribution in [3.63, 3.8) is 0 Å². The Bertz CT molecular complexity index is 870. The van der Waals surface area contributed by atoms with Gasteiger partial charge in [-0.15, -0.1) is 0 Å². The van der Waals surface area contributed by atoms with Gasteiger partial charge in [-0.2, -0.15) is 0 Å². The second-order valence-corrected chi connectivity index (χ2v) is 11.6. The van der Waals surface area contributed by atoms with Crippen molar-refractivity contribution in [3.8, 4) is 0 Å². The molecule has 0 aromatic heterocycles. The highest BCUT2D eigenvalue weighted by Crippen LogP contribution is 2.10. The standard InChI is InChI=1S/2C13H17NO2S/c2*15-12-6-8-14(9-7-12)10-11-17(16)13-4-2-1-3-5-13/h2*1-5H,6-11H2. The third kappa shape index (κ3) is 9.33. The van der Waals surface area contributed by atoms with E-state index in [0.717, 1.165) is 49.1 Å². The Kier molecular flexibility index (Phi) is 11.3. The molecule has 6 nitrogen and oxygen atoms in total. The quantitative estimate of drug-likeness (QED) is 0.553. The highest BCUT2D eigenvalue weighted by atomic mass is 32.2. The molecular weight excluding hydrogens is 468 g/mol. The van der Waals surface area contributed by atoms with Crippen LogP contribution in [0.1, 0.15) is 25.7 Å². The van der Waals surface area contributed by atoms with E-state index in [1.54, 1.807) is 0 Å². The molecule has 8 heteroatoms. The van der Waals surface area contributed by atoms with Crippen LogP contribution in [0.2, 0.25) is 0 Å². The van der Waals surface area contributed by atoms with Crippen LogP contribution in [0.15, 0.2) is 70.5 Å². The van der Waals surface area contributed by atoms with Crippen molar-refractivity contribution in [1.82, 2.24) is 9.80 Å². The molecule has 2 aliphatic heterocycles. The van der Waals surface area contributed by atoms with Crippen molar-refractivity contribution < 1.29 is 18.0 Å². The van der Waals surface area contributed by atoms with E-state index in [0.29, 0.717) is 48.8 Å². The lowest BCUT2D eigenvalue weighted by molar-refractivity contribution is -0.122. The largest absolute Gasteiger partial charge is 0.302 e. The molecule has 2 heterocycles. The van der Waals surface area contributed by atoms with E-state index in [2.05, 4.69) is 9.80 Å². The van der Waals surface area contributed by atoms with Crippen LogP contribution in [-0.4, -0.2) is 80.6 Å². The van der Waals surface area contributed by atoms with Gasteiger partial charge in [0.15, 0.2) is 0 Å². The summed E-state index contributed by atoms with van der Waals surface area (Å²) in [5, 5.41) is 0. The van der Waals surface area contributed by atoms with E-state index in [1.165, 1.54) is 0 Å².